The summed E-state index contributed by atoms with van der Waals surface area (Å²) < 4.78 is 33.4. The molecule has 7 nitrogen and oxygen atoms in total. The van der Waals surface area contributed by atoms with E-state index in [0.29, 0.717) is 18.8 Å². The Kier molecular flexibility index (Phi) is 3.70. The Morgan fingerprint density at radius 3 is 2.42 bits per heavy atom. The van der Waals surface area contributed by atoms with E-state index >= 15 is 0 Å². The van der Waals surface area contributed by atoms with Gasteiger partial charge in [0, 0.05) is 57.8 Å². The Labute approximate surface area is 142 Å². The number of rotatable bonds is 2. The van der Waals surface area contributed by atoms with Crippen molar-refractivity contribution in [3.05, 3.63) is 24.5 Å². The monoisotopic (exact) mass is 350 g/mol. The molecule has 0 spiro atoms. The first-order valence-corrected chi connectivity index (χ1v) is 9.55. The summed E-state index contributed by atoms with van der Waals surface area (Å²) in [5, 5.41) is 1.04. The molecule has 4 rings (SSSR count). The van der Waals surface area contributed by atoms with Crippen LogP contribution in [-0.2, 0) is 10.2 Å². The highest BCUT2D eigenvalue weighted by molar-refractivity contribution is 7.90. The minimum atomic E-state index is -3.43. The smallest absolute Gasteiger partial charge is 0.303 e. The minimum absolute atomic E-state index is 0.466. The molecule has 1 aromatic heterocycles. The molecule has 0 bridgehead atoms. The van der Waals surface area contributed by atoms with Gasteiger partial charge in [-0.2, -0.15) is 12.7 Å². The molecule has 2 saturated heterocycles. The van der Waals surface area contributed by atoms with Crippen LogP contribution in [0.5, 0.6) is 0 Å². The first kappa shape index (κ1) is 15.7. The van der Waals surface area contributed by atoms with Gasteiger partial charge in [-0.1, -0.05) is 0 Å². The highest BCUT2D eigenvalue weighted by Gasteiger charge is 2.34. The Morgan fingerprint density at radius 1 is 1.00 bits per heavy atom. The quantitative estimate of drug-likeness (QED) is 0.814. The van der Waals surface area contributed by atoms with E-state index in [1.807, 2.05) is 18.2 Å². The van der Waals surface area contributed by atoms with E-state index in [4.69, 9.17) is 4.42 Å². The van der Waals surface area contributed by atoms with E-state index in [1.165, 1.54) is 8.61 Å². The van der Waals surface area contributed by atoms with Gasteiger partial charge in [0.2, 0.25) is 0 Å². The van der Waals surface area contributed by atoms with Crippen LogP contribution in [-0.4, -0.2) is 71.0 Å². The van der Waals surface area contributed by atoms with Crippen molar-refractivity contribution < 1.29 is 12.8 Å². The molecule has 24 heavy (non-hydrogen) atoms. The summed E-state index contributed by atoms with van der Waals surface area (Å²) in [4.78, 5) is 4.61. The summed E-state index contributed by atoms with van der Waals surface area (Å²) in [7, 11) is 0.304. The van der Waals surface area contributed by atoms with Crippen LogP contribution in [0.3, 0.4) is 0 Å². The topological polar surface area (TPSA) is 60.2 Å². The van der Waals surface area contributed by atoms with Gasteiger partial charge in [0.05, 0.1) is 17.6 Å². The Bertz CT molecular complexity index is 855. The maximum atomic E-state index is 12.5. The number of nitrogens with zero attached hydrogens (tertiary/aromatic N) is 4. The number of hydrogen-bond acceptors (Lipinski definition) is 5. The van der Waals surface area contributed by atoms with Gasteiger partial charge in [0.15, 0.2) is 0 Å². The molecule has 8 heteroatoms. The predicted octanol–water partition coefficient (Wildman–Crippen LogP) is 1.18. The number of anilines is 2. The predicted molar refractivity (Wildman–Crippen MR) is 94.8 cm³/mol. The summed E-state index contributed by atoms with van der Waals surface area (Å²) in [6, 6.07) is 5.77. The lowest BCUT2D eigenvalue weighted by molar-refractivity contribution is 0.313. The van der Waals surface area contributed by atoms with E-state index in [0.717, 1.165) is 42.8 Å². The van der Waals surface area contributed by atoms with Crippen molar-refractivity contribution in [2.45, 2.75) is 0 Å². The Morgan fingerprint density at radius 2 is 1.75 bits per heavy atom. The summed E-state index contributed by atoms with van der Waals surface area (Å²) in [6.45, 7) is 4.80. The van der Waals surface area contributed by atoms with Gasteiger partial charge in [0.25, 0.3) is 0 Å². The second-order valence-electron chi connectivity index (χ2n) is 6.49. The normalized spacial score (nSPS) is 22.6. The van der Waals surface area contributed by atoms with Gasteiger partial charge in [-0.25, -0.2) is 0 Å². The van der Waals surface area contributed by atoms with Crippen molar-refractivity contribution >= 4 is 32.6 Å². The van der Waals surface area contributed by atoms with Gasteiger partial charge in [-0.15, -0.1) is 0 Å². The van der Waals surface area contributed by atoms with Crippen molar-refractivity contribution in [1.29, 1.82) is 0 Å². The fraction of sp³-hybridized carbons (Fsp3) is 0.500. The lowest BCUT2D eigenvalue weighted by Gasteiger charge is -2.34. The highest BCUT2D eigenvalue weighted by atomic mass is 32.2. The second-order valence-corrected chi connectivity index (χ2v) is 8.45. The molecule has 2 aliphatic heterocycles. The van der Waals surface area contributed by atoms with Gasteiger partial charge in [0.1, 0.15) is 5.58 Å². The Balaban J connectivity index is 1.78. The van der Waals surface area contributed by atoms with Gasteiger partial charge in [-0.05, 0) is 19.2 Å². The summed E-state index contributed by atoms with van der Waals surface area (Å²) in [5.41, 5.74) is 2.45. The zero-order chi connectivity index (χ0) is 16.9. The van der Waals surface area contributed by atoms with Crippen LogP contribution in [0.15, 0.2) is 28.9 Å². The van der Waals surface area contributed by atoms with Gasteiger partial charge in [-0.3, -0.25) is 4.31 Å². The number of piperazine rings is 1. The third-order valence-electron chi connectivity index (χ3n) is 4.96. The SMILES string of the molecule is CN1CCN(c2cc(N3CCN(C)S3(=O)=O)cc3occc23)CC1. The summed E-state index contributed by atoms with van der Waals surface area (Å²) in [5.74, 6) is 0. The van der Waals surface area contributed by atoms with Crippen LogP contribution in [0.2, 0.25) is 0 Å². The van der Waals surface area contributed by atoms with Crippen LogP contribution in [0.1, 0.15) is 0 Å². The number of likely N-dealkylation sites (N-methyl/N-ethyl adjacent to an activating group) is 2. The van der Waals surface area contributed by atoms with E-state index in [-0.39, 0.29) is 0 Å². The fourth-order valence-electron chi connectivity index (χ4n) is 3.38. The van der Waals surface area contributed by atoms with Crippen LogP contribution in [0.4, 0.5) is 11.4 Å². The van der Waals surface area contributed by atoms with E-state index in [1.54, 1.807) is 13.3 Å². The molecule has 0 atom stereocenters. The van der Waals surface area contributed by atoms with E-state index in [9.17, 15) is 8.42 Å². The molecule has 0 amide bonds. The molecule has 2 fully saturated rings. The van der Waals surface area contributed by atoms with Crippen molar-refractivity contribution in [3.8, 4) is 0 Å². The first-order chi connectivity index (χ1) is 11.5. The van der Waals surface area contributed by atoms with Crippen LogP contribution in [0, 0.1) is 0 Å². The first-order valence-electron chi connectivity index (χ1n) is 8.15. The second kappa shape index (κ2) is 5.65. The highest BCUT2D eigenvalue weighted by Crippen LogP contribution is 2.36. The number of furan rings is 1. The zero-order valence-electron chi connectivity index (χ0n) is 14.0. The summed E-state index contributed by atoms with van der Waals surface area (Å²) >= 11 is 0. The number of benzene rings is 1. The molecule has 3 heterocycles. The van der Waals surface area contributed by atoms with Crippen molar-refractivity contribution in [1.82, 2.24) is 9.21 Å². The van der Waals surface area contributed by atoms with Gasteiger partial charge >= 0.3 is 10.2 Å². The average Bonchev–Trinajstić information content (AvgIpc) is 3.12. The maximum absolute atomic E-state index is 12.5. The Hall–Kier alpha value is -1.77. The molecule has 2 aromatic rings. The number of fused-ring (bicyclic) bond motifs is 1. The largest absolute Gasteiger partial charge is 0.464 e. The molecular weight excluding hydrogens is 328 g/mol. The molecule has 2 aliphatic rings. The molecule has 0 radical (unpaired) electrons. The van der Waals surface area contributed by atoms with E-state index < -0.39 is 10.2 Å². The van der Waals surface area contributed by atoms with Crippen molar-refractivity contribution in [2.24, 2.45) is 0 Å². The molecule has 130 valence electrons. The number of hydrogen-bond donors (Lipinski definition) is 0. The molecular formula is C16H22N4O3S. The standard InChI is InChI=1S/C16H22N4O3S/c1-17-4-7-19(8-5-17)15-11-13(12-16-14(15)3-10-23-16)20-9-6-18(2)24(20,21)22/h3,10-12H,4-9H2,1-2H3. The van der Waals surface area contributed by atoms with E-state index in [2.05, 4.69) is 16.8 Å². The molecule has 1 aromatic carbocycles. The molecule has 0 unspecified atom stereocenters. The van der Waals surface area contributed by atoms with Gasteiger partial charge < -0.3 is 14.2 Å². The van der Waals surface area contributed by atoms with Crippen molar-refractivity contribution in [2.75, 3.05) is 62.6 Å². The minimum Gasteiger partial charge on any atom is -0.464 e. The fourth-order valence-corrected chi connectivity index (χ4v) is 4.72. The zero-order valence-corrected chi connectivity index (χ0v) is 14.8. The summed E-state index contributed by atoms with van der Waals surface area (Å²) in [6.07, 6.45) is 1.67. The lowest BCUT2D eigenvalue weighted by Crippen LogP contribution is -2.44. The van der Waals surface area contributed by atoms with Crippen LogP contribution < -0.4 is 9.21 Å². The van der Waals surface area contributed by atoms with Crippen molar-refractivity contribution in [3.63, 3.8) is 0 Å². The third kappa shape index (κ3) is 2.45. The molecule has 0 saturated carbocycles. The lowest BCUT2D eigenvalue weighted by atomic mass is 10.1. The molecule has 0 N–H and O–H groups in total. The maximum Gasteiger partial charge on any atom is 0.303 e. The third-order valence-corrected chi connectivity index (χ3v) is 6.88. The average molecular weight is 350 g/mol. The van der Waals surface area contributed by atoms with Crippen LogP contribution >= 0.6 is 0 Å². The molecule has 0 aliphatic carbocycles. The van der Waals surface area contributed by atoms with Crippen LogP contribution in [0.25, 0.3) is 11.0 Å².